The number of hydrazone groups is 1. The number of anilines is 1. The van der Waals surface area contributed by atoms with Crippen LogP contribution in [0.4, 0.5) is 5.69 Å². The largest absolute Gasteiger partial charge is 0.366 e. The summed E-state index contributed by atoms with van der Waals surface area (Å²) in [6.07, 6.45) is 1.46. The average Bonchev–Trinajstić information content (AvgIpc) is 2.62. The number of amides is 3. The van der Waals surface area contributed by atoms with Crippen LogP contribution in [0, 0.1) is 0 Å². The molecule has 0 atom stereocenters. The molecule has 0 fully saturated rings. The zero-order valence-electron chi connectivity index (χ0n) is 14.5. The van der Waals surface area contributed by atoms with Crippen molar-refractivity contribution in [2.45, 2.75) is 19.8 Å². The molecule has 26 heavy (non-hydrogen) atoms. The molecule has 2 aromatic rings. The van der Waals surface area contributed by atoms with Crippen LogP contribution >= 0.6 is 0 Å². The van der Waals surface area contributed by atoms with Crippen molar-refractivity contribution in [1.82, 2.24) is 5.43 Å². The Bertz CT molecular complexity index is 825. The second kappa shape index (κ2) is 8.57. The number of hydrogen-bond acceptors (Lipinski definition) is 4. The number of carbonyl (C=O) groups excluding carboxylic acids is 3. The Labute approximate surface area is 151 Å². The second-order valence-corrected chi connectivity index (χ2v) is 5.92. The van der Waals surface area contributed by atoms with Crippen LogP contribution in [0.3, 0.4) is 0 Å². The Balaban J connectivity index is 1.88. The second-order valence-electron chi connectivity index (χ2n) is 5.92. The van der Waals surface area contributed by atoms with E-state index in [2.05, 4.69) is 29.7 Å². The van der Waals surface area contributed by atoms with Crippen molar-refractivity contribution in [2.24, 2.45) is 10.8 Å². The van der Waals surface area contributed by atoms with Gasteiger partial charge in [0.2, 0.25) is 5.91 Å². The van der Waals surface area contributed by atoms with Gasteiger partial charge in [0.1, 0.15) is 0 Å². The minimum absolute atomic E-state index is 0.306. The van der Waals surface area contributed by atoms with Crippen LogP contribution in [0.1, 0.15) is 41.3 Å². The van der Waals surface area contributed by atoms with E-state index in [1.54, 1.807) is 0 Å². The maximum atomic E-state index is 11.8. The molecule has 0 bridgehead atoms. The summed E-state index contributed by atoms with van der Waals surface area (Å²) >= 11 is 0. The predicted molar refractivity (Wildman–Crippen MR) is 99.9 cm³/mol. The van der Waals surface area contributed by atoms with Crippen molar-refractivity contribution in [3.05, 3.63) is 65.2 Å². The molecule has 0 spiro atoms. The van der Waals surface area contributed by atoms with Crippen molar-refractivity contribution in [2.75, 3.05) is 5.32 Å². The first kappa shape index (κ1) is 18.9. The van der Waals surface area contributed by atoms with Gasteiger partial charge < -0.3 is 11.1 Å². The van der Waals surface area contributed by atoms with E-state index >= 15 is 0 Å². The van der Waals surface area contributed by atoms with Crippen LogP contribution in [-0.4, -0.2) is 23.9 Å². The third-order valence-corrected chi connectivity index (χ3v) is 3.62. The molecule has 2 rings (SSSR count). The Morgan fingerprint density at radius 1 is 0.962 bits per heavy atom. The van der Waals surface area contributed by atoms with Crippen molar-refractivity contribution < 1.29 is 14.4 Å². The van der Waals surface area contributed by atoms with E-state index in [-0.39, 0.29) is 0 Å². The minimum atomic E-state index is -0.904. The van der Waals surface area contributed by atoms with Crippen molar-refractivity contribution in [1.29, 1.82) is 0 Å². The lowest BCUT2D eigenvalue weighted by Crippen LogP contribution is -2.32. The molecule has 0 aliphatic carbocycles. The molecule has 0 aliphatic rings. The highest BCUT2D eigenvalue weighted by atomic mass is 16.2. The van der Waals surface area contributed by atoms with Gasteiger partial charge in [0.05, 0.1) is 6.21 Å². The highest BCUT2D eigenvalue weighted by molar-refractivity contribution is 6.39. The van der Waals surface area contributed by atoms with Crippen LogP contribution < -0.4 is 16.5 Å². The monoisotopic (exact) mass is 352 g/mol. The number of nitrogens with zero attached hydrogens (tertiary/aromatic N) is 1. The topological polar surface area (TPSA) is 114 Å². The van der Waals surface area contributed by atoms with Crippen molar-refractivity contribution >= 4 is 29.6 Å². The van der Waals surface area contributed by atoms with E-state index in [0.717, 1.165) is 5.56 Å². The lowest BCUT2D eigenvalue weighted by Gasteiger charge is -2.05. The molecule has 7 nitrogen and oxygen atoms in total. The number of carbonyl (C=O) groups is 3. The normalized spacial score (nSPS) is 10.7. The average molecular weight is 352 g/mol. The van der Waals surface area contributed by atoms with Crippen LogP contribution in [0.25, 0.3) is 0 Å². The van der Waals surface area contributed by atoms with Gasteiger partial charge in [-0.1, -0.05) is 38.1 Å². The number of nitrogens with one attached hydrogen (secondary N) is 2. The number of hydrogen-bond donors (Lipinski definition) is 3. The smallest absolute Gasteiger partial charge is 0.329 e. The molecule has 0 radical (unpaired) electrons. The molecule has 0 heterocycles. The SMILES string of the molecule is CC(C)c1ccc(/C=N/NC(=O)C(=O)Nc2ccc(C(N)=O)cc2)cc1. The number of benzene rings is 2. The van der Waals surface area contributed by atoms with Gasteiger partial charge in [0, 0.05) is 11.3 Å². The van der Waals surface area contributed by atoms with E-state index in [1.807, 2.05) is 24.3 Å². The zero-order chi connectivity index (χ0) is 19.1. The Morgan fingerprint density at radius 2 is 1.58 bits per heavy atom. The number of rotatable bonds is 5. The van der Waals surface area contributed by atoms with Crippen LogP contribution in [0.15, 0.2) is 53.6 Å². The predicted octanol–water partition coefficient (Wildman–Crippen LogP) is 2.00. The van der Waals surface area contributed by atoms with E-state index in [4.69, 9.17) is 5.73 Å². The van der Waals surface area contributed by atoms with E-state index in [0.29, 0.717) is 17.2 Å². The van der Waals surface area contributed by atoms with Gasteiger partial charge in [0.15, 0.2) is 0 Å². The molecule has 0 saturated carbocycles. The summed E-state index contributed by atoms with van der Waals surface area (Å²) in [7, 11) is 0. The van der Waals surface area contributed by atoms with Gasteiger partial charge in [-0.2, -0.15) is 5.10 Å². The Morgan fingerprint density at radius 3 is 2.12 bits per heavy atom. The van der Waals surface area contributed by atoms with Gasteiger partial charge in [-0.15, -0.1) is 0 Å². The maximum Gasteiger partial charge on any atom is 0.329 e. The van der Waals surface area contributed by atoms with E-state index in [9.17, 15) is 14.4 Å². The number of primary amides is 1. The quantitative estimate of drug-likeness (QED) is 0.434. The summed E-state index contributed by atoms with van der Waals surface area (Å²) in [6, 6.07) is 13.6. The fourth-order valence-electron chi connectivity index (χ4n) is 2.09. The van der Waals surface area contributed by atoms with Gasteiger partial charge in [0.25, 0.3) is 0 Å². The van der Waals surface area contributed by atoms with E-state index in [1.165, 1.54) is 36.0 Å². The molecule has 3 amide bonds. The minimum Gasteiger partial charge on any atom is -0.366 e. The molecule has 7 heteroatoms. The standard InChI is InChI=1S/C19H20N4O3/c1-12(2)14-5-3-13(4-6-14)11-21-23-19(26)18(25)22-16-9-7-15(8-10-16)17(20)24/h3-12H,1-2H3,(H2,20,24)(H,22,25)(H,23,26)/b21-11+. The van der Waals surface area contributed by atoms with Crippen LogP contribution in [-0.2, 0) is 9.59 Å². The first-order valence-corrected chi connectivity index (χ1v) is 8.01. The molecule has 0 aliphatic heterocycles. The maximum absolute atomic E-state index is 11.8. The first-order valence-electron chi connectivity index (χ1n) is 8.01. The van der Waals surface area contributed by atoms with Gasteiger partial charge in [-0.25, -0.2) is 5.43 Å². The summed E-state index contributed by atoms with van der Waals surface area (Å²) in [5.74, 6) is -1.92. The summed E-state index contributed by atoms with van der Waals surface area (Å²) in [5.41, 5.74) is 9.97. The van der Waals surface area contributed by atoms with Crippen LogP contribution in [0.5, 0.6) is 0 Å². The first-order chi connectivity index (χ1) is 12.4. The lowest BCUT2D eigenvalue weighted by molar-refractivity contribution is -0.136. The molecular formula is C19H20N4O3. The molecular weight excluding hydrogens is 332 g/mol. The van der Waals surface area contributed by atoms with E-state index < -0.39 is 17.7 Å². The molecule has 0 aromatic heterocycles. The summed E-state index contributed by atoms with van der Waals surface area (Å²) in [5, 5.41) is 6.17. The third kappa shape index (κ3) is 5.27. The molecule has 134 valence electrons. The molecule has 0 saturated heterocycles. The molecule has 4 N–H and O–H groups in total. The Kier molecular flexibility index (Phi) is 6.21. The molecule has 0 unspecified atom stereocenters. The fourth-order valence-corrected chi connectivity index (χ4v) is 2.09. The van der Waals surface area contributed by atoms with Gasteiger partial charge in [-0.05, 0) is 41.3 Å². The number of nitrogens with two attached hydrogens (primary N) is 1. The molecule has 2 aromatic carbocycles. The van der Waals surface area contributed by atoms with Crippen molar-refractivity contribution in [3.63, 3.8) is 0 Å². The van der Waals surface area contributed by atoms with Gasteiger partial charge >= 0.3 is 11.8 Å². The lowest BCUT2D eigenvalue weighted by atomic mass is 10.0. The third-order valence-electron chi connectivity index (χ3n) is 3.62. The van der Waals surface area contributed by atoms with Gasteiger partial charge in [-0.3, -0.25) is 14.4 Å². The Hall–Kier alpha value is -3.48. The highest BCUT2D eigenvalue weighted by Crippen LogP contribution is 2.13. The summed E-state index contributed by atoms with van der Waals surface area (Å²) in [4.78, 5) is 34.5. The summed E-state index contributed by atoms with van der Waals surface area (Å²) < 4.78 is 0. The zero-order valence-corrected chi connectivity index (χ0v) is 14.5. The van der Waals surface area contributed by atoms with Crippen molar-refractivity contribution in [3.8, 4) is 0 Å². The highest BCUT2D eigenvalue weighted by Gasteiger charge is 2.13. The fraction of sp³-hybridized carbons (Fsp3) is 0.158. The van der Waals surface area contributed by atoms with Crippen LogP contribution in [0.2, 0.25) is 0 Å². The summed E-state index contributed by atoms with van der Waals surface area (Å²) in [6.45, 7) is 4.20.